The molecule has 2 aromatic rings. The van der Waals surface area contributed by atoms with Gasteiger partial charge in [-0.3, -0.25) is 0 Å². The molecule has 0 aliphatic carbocycles. The maximum absolute atomic E-state index is 12.8. The van der Waals surface area contributed by atoms with Crippen molar-refractivity contribution < 1.29 is 12.8 Å². The van der Waals surface area contributed by atoms with Crippen molar-refractivity contribution in [2.24, 2.45) is 0 Å². The van der Waals surface area contributed by atoms with Gasteiger partial charge >= 0.3 is 0 Å². The van der Waals surface area contributed by atoms with E-state index in [0.29, 0.717) is 5.56 Å². The zero-order chi connectivity index (χ0) is 14.6. The Balaban J connectivity index is 1.99. The van der Waals surface area contributed by atoms with E-state index in [1.54, 1.807) is 0 Å². The lowest BCUT2D eigenvalue weighted by atomic mass is 10.1. The molecule has 0 saturated carbocycles. The minimum absolute atomic E-state index is 0.154. The van der Waals surface area contributed by atoms with E-state index in [-0.39, 0.29) is 18.1 Å². The Hall–Kier alpha value is -1.72. The number of benzene rings is 2. The van der Waals surface area contributed by atoms with E-state index in [1.807, 2.05) is 31.2 Å². The topological polar surface area (TPSA) is 46.2 Å². The monoisotopic (exact) mass is 293 g/mol. The smallest absolute Gasteiger partial charge is 0.212 e. The molecule has 0 aromatic heterocycles. The van der Waals surface area contributed by atoms with Gasteiger partial charge in [-0.05, 0) is 30.2 Å². The van der Waals surface area contributed by atoms with Crippen LogP contribution in [0.5, 0.6) is 0 Å². The molecule has 3 nitrogen and oxygen atoms in total. The van der Waals surface area contributed by atoms with Gasteiger partial charge in [-0.2, -0.15) is 0 Å². The first-order valence-corrected chi connectivity index (χ1v) is 7.87. The Morgan fingerprint density at radius 3 is 2.40 bits per heavy atom. The van der Waals surface area contributed by atoms with E-state index in [0.717, 1.165) is 11.1 Å². The number of hydrogen-bond donors (Lipinski definition) is 1. The Morgan fingerprint density at radius 2 is 1.75 bits per heavy atom. The Morgan fingerprint density at radius 1 is 1.05 bits per heavy atom. The van der Waals surface area contributed by atoms with Crippen molar-refractivity contribution in [3.8, 4) is 0 Å². The Kier molecular flexibility index (Phi) is 4.52. The van der Waals surface area contributed by atoms with E-state index in [1.165, 1.54) is 24.3 Å². The van der Waals surface area contributed by atoms with E-state index in [4.69, 9.17) is 0 Å². The summed E-state index contributed by atoms with van der Waals surface area (Å²) >= 11 is 0. The summed E-state index contributed by atoms with van der Waals surface area (Å²) in [6.07, 6.45) is 0. The molecule has 2 aromatic carbocycles. The number of rotatable bonds is 5. The molecule has 0 radical (unpaired) electrons. The third-order valence-electron chi connectivity index (χ3n) is 2.85. The van der Waals surface area contributed by atoms with Crippen LogP contribution in [0.4, 0.5) is 4.39 Å². The molecule has 0 unspecified atom stereocenters. The molecule has 0 heterocycles. The van der Waals surface area contributed by atoms with Crippen LogP contribution in [0.15, 0.2) is 48.5 Å². The summed E-state index contributed by atoms with van der Waals surface area (Å²) in [6, 6.07) is 13.1. The highest BCUT2D eigenvalue weighted by Gasteiger charge is 2.11. The predicted octanol–water partition coefficient (Wildman–Crippen LogP) is 2.75. The fourth-order valence-electron chi connectivity index (χ4n) is 1.87. The van der Waals surface area contributed by atoms with Crippen molar-refractivity contribution in [2.75, 3.05) is 0 Å². The molecule has 5 heteroatoms. The number of nitrogens with one attached hydrogen (secondary N) is 1. The van der Waals surface area contributed by atoms with Crippen molar-refractivity contribution in [3.05, 3.63) is 71.0 Å². The van der Waals surface area contributed by atoms with Gasteiger partial charge in [0.15, 0.2) is 0 Å². The summed E-state index contributed by atoms with van der Waals surface area (Å²) in [4.78, 5) is 0. The molecule has 0 saturated heterocycles. The minimum Gasteiger partial charge on any atom is -0.212 e. The van der Waals surface area contributed by atoms with Crippen molar-refractivity contribution in [2.45, 2.75) is 19.2 Å². The zero-order valence-electron chi connectivity index (χ0n) is 11.1. The zero-order valence-corrected chi connectivity index (χ0v) is 12.0. The first-order chi connectivity index (χ1) is 9.44. The van der Waals surface area contributed by atoms with Gasteiger partial charge in [-0.1, -0.05) is 42.0 Å². The maximum atomic E-state index is 12.8. The van der Waals surface area contributed by atoms with Gasteiger partial charge in [0.1, 0.15) is 5.82 Å². The first kappa shape index (κ1) is 14.7. The summed E-state index contributed by atoms with van der Waals surface area (Å²) in [5.41, 5.74) is 2.55. The third-order valence-corrected chi connectivity index (χ3v) is 4.15. The minimum atomic E-state index is -3.43. The summed E-state index contributed by atoms with van der Waals surface area (Å²) in [7, 11) is -3.43. The summed E-state index contributed by atoms with van der Waals surface area (Å²) in [5, 5.41) is 0. The van der Waals surface area contributed by atoms with Crippen molar-refractivity contribution in [1.29, 1.82) is 0 Å². The van der Waals surface area contributed by atoms with Crippen molar-refractivity contribution in [1.82, 2.24) is 4.72 Å². The Bertz CT molecular complexity index is 681. The van der Waals surface area contributed by atoms with E-state index >= 15 is 0 Å². The van der Waals surface area contributed by atoms with Gasteiger partial charge in [0.05, 0.1) is 5.75 Å². The van der Waals surface area contributed by atoms with E-state index in [2.05, 4.69) is 4.72 Å². The van der Waals surface area contributed by atoms with Gasteiger partial charge in [-0.25, -0.2) is 17.5 Å². The molecule has 20 heavy (non-hydrogen) atoms. The molecule has 0 atom stereocenters. The third kappa shape index (κ3) is 4.43. The van der Waals surface area contributed by atoms with Crippen LogP contribution in [0.1, 0.15) is 16.7 Å². The van der Waals surface area contributed by atoms with Gasteiger partial charge in [0, 0.05) is 6.54 Å². The number of halogens is 1. The first-order valence-electron chi connectivity index (χ1n) is 6.22. The van der Waals surface area contributed by atoms with Gasteiger partial charge in [0.2, 0.25) is 10.0 Å². The molecule has 2 rings (SSSR count). The van der Waals surface area contributed by atoms with Crippen LogP contribution < -0.4 is 4.72 Å². The van der Waals surface area contributed by atoms with Crippen LogP contribution in [0.25, 0.3) is 0 Å². The fourth-order valence-corrected chi connectivity index (χ4v) is 2.99. The van der Waals surface area contributed by atoms with Crippen molar-refractivity contribution in [3.63, 3.8) is 0 Å². The highest BCUT2D eigenvalue weighted by molar-refractivity contribution is 7.88. The number of aryl methyl sites for hydroxylation is 1. The van der Waals surface area contributed by atoms with Gasteiger partial charge in [0.25, 0.3) is 0 Å². The lowest BCUT2D eigenvalue weighted by Gasteiger charge is -2.07. The fraction of sp³-hybridized carbons (Fsp3) is 0.200. The maximum Gasteiger partial charge on any atom is 0.216 e. The standard InChI is InChI=1S/C15H16FNO2S/c1-12-3-2-4-14(9-12)10-17-20(18,19)11-13-5-7-15(16)8-6-13/h2-9,17H,10-11H2,1H3. The van der Waals surface area contributed by atoms with Crippen LogP contribution in [-0.4, -0.2) is 8.42 Å². The average molecular weight is 293 g/mol. The second-order valence-electron chi connectivity index (χ2n) is 4.70. The van der Waals surface area contributed by atoms with Gasteiger partial charge in [-0.15, -0.1) is 0 Å². The Labute approximate surface area is 118 Å². The second-order valence-corrected chi connectivity index (χ2v) is 6.50. The lowest BCUT2D eigenvalue weighted by molar-refractivity contribution is 0.580. The average Bonchev–Trinajstić information content (AvgIpc) is 2.39. The molecule has 0 aliphatic rings. The molecular formula is C15H16FNO2S. The molecule has 0 bridgehead atoms. The lowest BCUT2D eigenvalue weighted by Crippen LogP contribution is -2.24. The van der Waals surface area contributed by atoms with Crippen LogP contribution in [0.2, 0.25) is 0 Å². The largest absolute Gasteiger partial charge is 0.216 e. The molecule has 1 N–H and O–H groups in total. The number of hydrogen-bond acceptors (Lipinski definition) is 2. The molecule has 0 spiro atoms. The van der Waals surface area contributed by atoms with E-state index < -0.39 is 10.0 Å². The predicted molar refractivity (Wildman–Crippen MR) is 77.0 cm³/mol. The van der Waals surface area contributed by atoms with Crippen LogP contribution in [0.3, 0.4) is 0 Å². The highest BCUT2D eigenvalue weighted by atomic mass is 32.2. The van der Waals surface area contributed by atoms with Crippen LogP contribution >= 0.6 is 0 Å². The van der Waals surface area contributed by atoms with Crippen LogP contribution in [0, 0.1) is 12.7 Å². The molecule has 0 fully saturated rings. The quantitative estimate of drug-likeness (QED) is 0.921. The molecule has 106 valence electrons. The van der Waals surface area contributed by atoms with Gasteiger partial charge < -0.3 is 0 Å². The van der Waals surface area contributed by atoms with E-state index in [9.17, 15) is 12.8 Å². The summed E-state index contributed by atoms with van der Waals surface area (Å²) in [5.74, 6) is -0.530. The van der Waals surface area contributed by atoms with Crippen LogP contribution in [-0.2, 0) is 22.3 Å². The molecule has 0 aliphatic heterocycles. The summed E-state index contributed by atoms with van der Waals surface area (Å²) < 4.78 is 39.2. The summed E-state index contributed by atoms with van der Waals surface area (Å²) in [6.45, 7) is 2.21. The number of sulfonamides is 1. The second kappa shape index (κ2) is 6.15. The SMILES string of the molecule is Cc1cccc(CNS(=O)(=O)Cc2ccc(F)cc2)c1. The molecular weight excluding hydrogens is 277 g/mol. The highest BCUT2D eigenvalue weighted by Crippen LogP contribution is 2.08. The molecule has 0 amide bonds. The normalized spacial score (nSPS) is 11.5. The van der Waals surface area contributed by atoms with Crippen molar-refractivity contribution >= 4 is 10.0 Å².